The van der Waals surface area contributed by atoms with Crippen LogP contribution in [-0.4, -0.2) is 19.8 Å². The van der Waals surface area contributed by atoms with Gasteiger partial charge in [0.05, 0.1) is 0 Å². The molecule has 0 atom stereocenters. The van der Waals surface area contributed by atoms with Gasteiger partial charge in [-0.25, -0.2) is 0 Å². The first-order valence-electron chi connectivity index (χ1n) is 8.82. The van der Waals surface area contributed by atoms with Gasteiger partial charge in [-0.2, -0.15) is 0 Å². The van der Waals surface area contributed by atoms with E-state index >= 15 is 0 Å². The Kier molecular flexibility index (Phi) is 22.3. The van der Waals surface area contributed by atoms with E-state index in [1.165, 1.54) is 11.1 Å². The third kappa shape index (κ3) is 13.6. The Balaban J connectivity index is -0.000000300. The van der Waals surface area contributed by atoms with Crippen LogP contribution in [0.25, 0.3) is 0 Å². The van der Waals surface area contributed by atoms with Crippen LogP contribution in [0.15, 0.2) is 58.0 Å². The van der Waals surface area contributed by atoms with Crippen LogP contribution in [0.1, 0.15) is 53.9 Å². The van der Waals surface area contributed by atoms with Crippen molar-refractivity contribution < 1.29 is 40.0 Å². The Bertz CT molecular complexity index is 410. The van der Waals surface area contributed by atoms with Crippen LogP contribution in [0.2, 0.25) is 0 Å². The third-order valence-corrected chi connectivity index (χ3v) is 6.49. The topological polar surface area (TPSA) is 69.2 Å². The molecule has 0 aliphatic heterocycles. The fourth-order valence-electron chi connectivity index (χ4n) is 1.84. The van der Waals surface area contributed by atoms with Gasteiger partial charge >= 0.3 is 84.8 Å². The number of hydrogen-bond donors (Lipinski definition) is 0. The quantitative estimate of drug-likeness (QED) is 0.598. The second-order valence-corrected chi connectivity index (χ2v) is 7.45. The molecule has 26 heavy (non-hydrogen) atoms. The van der Waals surface area contributed by atoms with Crippen LogP contribution in [0.5, 0.6) is 0 Å². The van der Waals surface area contributed by atoms with E-state index in [0.29, 0.717) is 24.7 Å². The van der Waals surface area contributed by atoms with E-state index in [1.807, 2.05) is 0 Å². The van der Waals surface area contributed by atoms with Crippen molar-refractivity contribution in [2.75, 3.05) is 19.8 Å². The number of rotatable bonds is 6. The molecule has 0 spiro atoms. The summed E-state index contributed by atoms with van der Waals surface area (Å²) in [7, 11) is 0. The van der Waals surface area contributed by atoms with Gasteiger partial charge in [0.1, 0.15) is 0 Å². The average Bonchev–Trinajstić information content (AvgIpc) is 2.74. The van der Waals surface area contributed by atoms with Gasteiger partial charge in [-0.05, 0) is 0 Å². The molecule has 1 aliphatic carbocycles. The summed E-state index contributed by atoms with van der Waals surface area (Å²) >= 11 is 1.57. The first kappa shape index (κ1) is 30.2. The summed E-state index contributed by atoms with van der Waals surface area (Å²) in [4.78, 5) is 0. The first-order chi connectivity index (χ1) is 12.1. The summed E-state index contributed by atoms with van der Waals surface area (Å²) in [5, 5.41) is 28.4. The van der Waals surface area contributed by atoms with Crippen molar-refractivity contribution >= 4 is 0 Å². The molecule has 0 aromatic heterocycles. The standard InChI is InChI=1S/C10H15.3C4H7O.Zr/c1-7-6-10(4,5)9(3)8(7)2;3*1-2-3-4-5;/h1-5H3;3*2H,1,3-4H2;/q;3*-1;+3. The maximum absolute atomic E-state index is 9.46. The Morgan fingerprint density at radius 2 is 1.08 bits per heavy atom. The van der Waals surface area contributed by atoms with E-state index in [9.17, 15) is 15.3 Å². The third-order valence-electron chi connectivity index (χ3n) is 4.03. The molecule has 4 heteroatoms. The van der Waals surface area contributed by atoms with Gasteiger partial charge in [-0.15, -0.1) is 39.6 Å². The second-order valence-electron chi connectivity index (χ2n) is 6.22. The van der Waals surface area contributed by atoms with Gasteiger partial charge in [0.2, 0.25) is 0 Å². The van der Waals surface area contributed by atoms with Crippen LogP contribution < -0.4 is 15.3 Å². The summed E-state index contributed by atoms with van der Waals surface area (Å²) in [5.41, 5.74) is 4.96. The SMILES string of the molecule is C=CCC[O-].C=CCC[O-].C=CCC[O-].CC1=C(C)C(C)(C)[C]([Zr+3])=C1C. The Hall–Kier alpha value is -0.537. The summed E-state index contributed by atoms with van der Waals surface area (Å²) in [6.45, 7) is 21.4. The van der Waals surface area contributed by atoms with Gasteiger partial charge in [0.15, 0.2) is 0 Å². The Morgan fingerprint density at radius 3 is 1.12 bits per heavy atom. The van der Waals surface area contributed by atoms with Crippen molar-refractivity contribution in [3.05, 3.63) is 58.0 Å². The minimum atomic E-state index is -0.0243. The van der Waals surface area contributed by atoms with Crippen LogP contribution in [0, 0.1) is 5.41 Å². The van der Waals surface area contributed by atoms with Gasteiger partial charge in [-0.3, -0.25) is 0 Å². The second kappa shape index (κ2) is 19.2. The van der Waals surface area contributed by atoms with E-state index < -0.39 is 0 Å². The molecule has 0 radical (unpaired) electrons. The normalized spacial score (nSPS) is 14.2. The van der Waals surface area contributed by atoms with Gasteiger partial charge in [0, 0.05) is 0 Å². The fraction of sp³-hybridized carbons (Fsp3) is 0.545. The van der Waals surface area contributed by atoms with Crippen molar-refractivity contribution in [1.82, 2.24) is 0 Å². The summed E-state index contributed by atoms with van der Waals surface area (Å²) < 4.78 is 1.62. The minimum absolute atomic E-state index is 0.0243. The van der Waals surface area contributed by atoms with Crippen LogP contribution in [0.4, 0.5) is 0 Å². The average molecular weight is 440 g/mol. The zero-order valence-electron chi connectivity index (χ0n) is 17.3. The number of allylic oxidation sites excluding steroid dienone is 4. The van der Waals surface area contributed by atoms with Crippen molar-refractivity contribution in [3.8, 4) is 0 Å². The number of hydrogen-bond acceptors (Lipinski definition) is 3. The monoisotopic (exact) mass is 438 g/mol. The molecule has 0 N–H and O–H groups in total. The molecule has 0 aromatic rings. The molecule has 0 unspecified atom stereocenters. The Morgan fingerprint density at radius 1 is 0.769 bits per heavy atom. The maximum atomic E-state index is 9.46. The van der Waals surface area contributed by atoms with Gasteiger partial charge in [-0.1, -0.05) is 37.5 Å². The molecule has 1 rings (SSSR count). The summed E-state index contributed by atoms with van der Waals surface area (Å²) in [6.07, 6.45) is 6.65. The molecule has 0 heterocycles. The van der Waals surface area contributed by atoms with Crippen LogP contribution >= 0.6 is 0 Å². The van der Waals surface area contributed by atoms with Crippen molar-refractivity contribution in [2.24, 2.45) is 5.41 Å². The first-order valence-corrected chi connectivity index (χ1v) is 10.0. The van der Waals surface area contributed by atoms with E-state index in [4.69, 9.17) is 0 Å². The van der Waals surface area contributed by atoms with E-state index in [2.05, 4.69) is 54.4 Å². The van der Waals surface area contributed by atoms with Crippen molar-refractivity contribution in [1.29, 1.82) is 0 Å². The molecule has 146 valence electrons. The predicted molar refractivity (Wildman–Crippen MR) is 104 cm³/mol. The molecule has 3 nitrogen and oxygen atoms in total. The van der Waals surface area contributed by atoms with Crippen molar-refractivity contribution in [3.63, 3.8) is 0 Å². The zero-order chi connectivity index (χ0) is 21.2. The fourth-order valence-corrected chi connectivity index (χ4v) is 2.77. The molecular weight excluding hydrogens is 403 g/mol. The molecule has 0 amide bonds. The molecule has 1 aliphatic rings. The molecule has 0 saturated carbocycles. The molecule has 0 bridgehead atoms. The zero-order valence-corrected chi connectivity index (χ0v) is 19.8. The molecule has 0 aromatic carbocycles. The van der Waals surface area contributed by atoms with Crippen LogP contribution in [-0.2, 0) is 24.7 Å². The molecule has 0 fully saturated rings. The summed E-state index contributed by atoms with van der Waals surface area (Å²) in [5.74, 6) is 0. The Labute approximate surface area is 176 Å². The van der Waals surface area contributed by atoms with E-state index in [0.717, 1.165) is 0 Å². The summed E-state index contributed by atoms with van der Waals surface area (Å²) in [6, 6.07) is 0. The predicted octanol–water partition coefficient (Wildman–Crippen LogP) is 2.95. The van der Waals surface area contributed by atoms with E-state index in [-0.39, 0.29) is 19.8 Å². The van der Waals surface area contributed by atoms with E-state index in [1.54, 1.807) is 51.8 Å². The van der Waals surface area contributed by atoms with Gasteiger partial charge in [0.25, 0.3) is 0 Å². The molecule has 0 saturated heterocycles. The van der Waals surface area contributed by atoms with Crippen molar-refractivity contribution in [2.45, 2.75) is 53.9 Å². The van der Waals surface area contributed by atoms with Crippen LogP contribution in [0.3, 0.4) is 0 Å². The van der Waals surface area contributed by atoms with Gasteiger partial charge < -0.3 is 15.3 Å². The molecular formula is C22H36O3Zr.